The van der Waals surface area contributed by atoms with Crippen LogP contribution in [0.4, 0.5) is 0 Å². The molecule has 37 heavy (non-hydrogen) atoms. The van der Waals surface area contributed by atoms with Gasteiger partial charge in [-0.2, -0.15) is 0 Å². The summed E-state index contributed by atoms with van der Waals surface area (Å²) in [6.45, 7) is 3.26. The third-order valence-electron chi connectivity index (χ3n) is 7.27. The third-order valence-corrected chi connectivity index (χ3v) is 7.27. The molecular weight excluding hydrogens is 478 g/mol. The van der Waals surface area contributed by atoms with E-state index in [4.69, 9.17) is 9.47 Å². The lowest BCUT2D eigenvalue weighted by Gasteiger charge is -2.40. The number of ether oxygens (including phenoxy) is 2. The molecule has 1 heterocycles. The minimum Gasteiger partial charge on any atom is -0.394 e. The normalized spacial score (nSPS) is 25.6. The lowest BCUT2D eigenvalue weighted by molar-refractivity contribution is -0.302. The Kier molecular flexibility index (Phi) is 19.5. The summed E-state index contributed by atoms with van der Waals surface area (Å²) in [5.41, 5.74) is 0. The van der Waals surface area contributed by atoms with Crippen LogP contribution in [0.5, 0.6) is 0 Å². The molecule has 1 amide bonds. The SMILES string of the molecule is CCCCCCCCCCCCCCCCC(O)C(COC1OC(CO)C(O)C(O)C1O)NC(=O)CC. The van der Waals surface area contributed by atoms with Crippen molar-refractivity contribution in [1.82, 2.24) is 5.32 Å². The molecule has 1 fully saturated rings. The molecule has 0 aliphatic carbocycles. The van der Waals surface area contributed by atoms with E-state index in [0.717, 1.165) is 19.3 Å². The minimum atomic E-state index is -1.54. The first-order valence-electron chi connectivity index (χ1n) is 14.7. The maximum absolute atomic E-state index is 12.0. The van der Waals surface area contributed by atoms with Crippen molar-refractivity contribution in [2.24, 2.45) is 0 Å². The standard InChI is InChI=1S/C28H55NO8/c1-3-5-6-7-8-9-10-11-12-13-14-15-16-17-18-22(31)21(29-24(32)4-2)20-36-28-27(35)26(34)25(33)23(19-30)37-28/h21-23,25-28,30-31,33-35H,3-20H2,1-2H3,(H,29,32). The summed E-state index contributed by atoms with van der Waals surface area (Å²) in [7, 11) is 0. The van der Waals surface area contributed by atoms with Gasteiger partial charge in [-0.15, -0.1) is 0 Å². The first-order chi connectivity index (χ1) is 17.8. The van der Waals surface area contributed by atoms with E-state index in [1.54, 1.807) is 6.92 Å². The van der Waals surface area contributed by atoms with E-state index in [2.05, 4.69) is 12.2 Å². The van der Waals surface area contributed by atoms with Gasteiger partial charge in [-0.25, -0.2) is 0 Å². The van der Waals surface area contributed by atoms with Gasteiger partial charge >= 0.3 is 0 Å². The molecule has 1 saturated heterocycles. The second-order valence-electron chi connectivity index (χ2n) is 10.5. The van der Waals surface area contributed by atoms with Gasteiger partial charge < -0.3 is 40.3 Å². The second-order valence-corrected chi connectivity index (χ2v) is 10.5. The molecule has 9 nitrogen and oxygen atoms in total. The molecule has 7 atom stereocenters. The predicted octanol–water partition coefficient (Wildman–Crippen LogP) is 2.93. The average Bonchev–Trinajstić information content (AvgIpc) is 2.90. The van der Waals surface area contributed by atoms with Gasteiger partial charge in [-0.3, -0.25) is 4.79 Å². The molecule has 6 N–H and O–H groups in total. The Morgan fingerprint density at radius 2 is 1.32 bits per heavy atom. The Bertz CT molecular complexity index is 564. The average molecular weight is 534 g/mol. The van der Waals surface area contributed by atoms with Crippen molar-refractivity contribution >= 4 is 5.91 Å². The van der Waals surface area contributed by atoms with E-state index < -0.39 is 49.5 Å². The summed E-state index contributed by atoms with van der Waals surface area (Å²) < 4.78 is 10.9. The van der Waals surface area contributed by atoms with Gasteiger partial charge in [0.15, 0.2) is 6.29 Å². The minimum absolute atomic E-state index is 0.145. The lowest BCUT2D eigenvalue weighted by Crippen LogP contribution is -2.60. The smallest absolute Gasteiger partial charge is 0.220 e. The predicted molar refractivity (Wildman–Crippen MR) is 143 cm³/mol. The van der Waals surface area contributed by atoms with Crippen molar-refractivity contribution in [2.45, 2.75) is 159 Å². The first-order valence-corrected chi connectivity index (χ1v) is 14.7. The van der Waals surface area contributed by atoms with Gasteiger partial charge in [0.1, 0.15) is 24.4 Å². The van der Waals surface area contributed by atoms with Crippen molar-refractivity contribution in [3.8, 4) is 0 Å². The van der Waals surface area contributed by atoms with E-state index in [1.165, 1.54) is 70.6 Å². The largest absolute Gasteiger partial charge is 0.394 e. The fourth-order valence-corrected chi connectivity index (χ4v) is 4.71. The molecular formula is C28H55NO8. The van der Waals surface area contributed by atoms with E-state index in [1.807, 2.05) is 0 Å². The van der Waals surface area contributed by atoms with Crippen molar-refractivity contribution < 1.29 is 39.8 Å². The van der Waals surface area contributed by atoms with Gasteiger partial charge in [-0.1, -0.05) is 104 Å². The highest BCUT2D eigenvalue weighted by atomic mass is 16.7. The molecule has 7 unspecified atom stereocenters. The Morgan fingerprint density at radius 1 is 0.811 bits per heavy atom. The number of amides is 1. The van der Waals surface area contributed by atoms with Crippen LogP contribution in [0.15, 0.2) is 0 Å². The molecule has 0 radical (unpaired) electrons. The highest BCUT2D eigenvalue weighted by Gasteiger charge is 2.44. The number of hydrogen-bond acceptors (Lipinski definition) is 8. The number of rotatable bonds is 22. The summed E-state index contributed by atoms with van der Waals surface area (Å²) in [6, 6.07) is -0.707. The number of nitrogens with one attached hydrogen (secondary N) is 1. The third kappa shape index (κ3) is 14.2. The molecule has 0 bridgehead atoms. The monoisotopic (exact) mass is 533 g/mol. The first kappa shape index (κ1) is 34.2. The Morgan fingerprint density at radius 3 is 1.81 bits per heavy atom. The zero-order chi connectivity index (χ0) is 27.5. The lowest BCUT2D eigenvalue weighted by atomic mass is 9.99. The zero-order valence-electron chi connectivity index (χ0n) is 23.2. The maximum Gasteiger partial charge on any atom is 0.220 e. The fourth-order valence-electron chi connectivity index (χ4n) is 4.71. The molecule has 0 spiro atoms. The molecule has 0 aromatic rings. The Labute approximate surface area is 223 Å². The summed E-state index contributed by atoms with van der Waals surface area (Å²) in [6.07, 6.45) is 10.5. The highest BCUT2D eigenvalue weighted by molar-refractivity contribution is 5.75. The number of carbonyl (C=O) groups excluding carboxylic acids is 1. The van der Waals surface area contributed by atoms with E-state index >= 15 is 0 Å². The van der Waals surface area contributed by atoms with Crippen molar-refractivity contribution in [1.29, 1.82) is 0 Å². The van der Waals surface area contributed by atoms with Crippen LogP contribution >= 0.6 is 0 Å². The summed E-state index contributed by atoms with van der Waals surface area (Å²) in [4.78, 5) is 12.0. The zero-order valence-corrected chi connectivity index (χ0v) is 23.2. The highest BCUT2D eigenvalue weighted by Crippen LogP contribution is 2.22. The quantitative estimate of drug-likeness (QED) is 0.116. The van der Waals surface area contributed by atoms with Crippen molar-refractivity contribution in [2.75, 3.05) is 13.2 Å². The Balaban J connectivity index is 2.26. The van der Waals surface area contributed by atoms with Crippen LogP contribution in [0.25, 0.3) is 0 Å². The van der Waals surface area contributed by atoms with Crippen LogP contribution in [0.3, 0.4) is 0 Å². The van der Waals surface area contributed by atoms with E-state index in [9.17, 15) is 30.3 Å². The molecule has 9 heteroatoms. The van der Waals surface area contributed by atoms with Gasteiger partial charge in [0, 0.05) is 6.42 Å². The van der Waals surface area contributed by atoms with E-state index in [-0.39, 0.29) is 18.9 Å². The summed E-state index contributed by atoms with van der Waals surface area (Å²) >= 11 is 0. The van der Waals surface area contributed by atoms with Gasteiger partial charge in [0.05, 0.1) is 25.4 Å². The number of aliphatic hydroxyl groups is 5. The number of unbranched alkanes of at least 4 members (excludes halogenated alkanes) is 13. The number of aliphatic hydroxyl groups excluding tert-OH is 5. The van der Waals surface area contributed by atoms with Crippen LogP contribution in [-0.2, 0) is 14.3 Å². The fraction of sp³-hybridized carbons (Fsp3) is 0.964. The topological polar surface area (TPSA) is 149 Å². The Hall–Kier alpha value is -0.810. The molecule has 220 valence electrons. The molecule has 0 saturated carbocycles. The van der Waals surface area contributed by atoms with Crippen LogP contribution in [0, 0.1) is 0 Å². The molecule has 0 aromatic heterocycles. The van der Waals surface area contributed by atoms with Crippen LogP contribution in [0.1, 0.15) is 117 Å². The van der Waals surface area contributed by atoms with Crippen molar-refractivity contribution in [3.05, 3.63) is 0 Å². The van der Waals surface area contributed by atoms with Crippen molar-refractivity contribution in [3.63, 3.8) is 0 Å². The van der Waals surface area contributed by atoms with E-state index in [0.29, 0.717) is 6.42 Å². The van der Waals surface area contributed by atoms with Gasteiger partial charge in [0.25, 0.3) is 0 Å². The molecule has 1 rings (SSSR count). The van der Waals surface area contributed by atoms with Gasteiger partial charge in [0.2, 0.25) is 5.91 Å². The number of carbonyl (C=O) groups is 1. The second kappa shape index (κ2) is 21.1. The van der Waals surface area contributed by atoms with Crippen LogP contribution in [0.2, 0.25) is 0 Å². The van der Waals surface area contributed by atoms with Crippen LogP contribution < -0.4 is 5.32 Å². The maximum atomic E-state index is 12.0. The number of hydrogen-bond donors (Lipinski definition) is 6. The van der Waals surface area contributed by atoms with Crippen LogP contribution in [-0.4, -0.2) is 87.5 Å². The molecule has 1 aliphatic rings. The molecule has 0 aromatic carbocycles. The molecule has 1 aliphatic heterocycles. The summed E-state index contributed by atoms with van der Waals surface area (Å²) in [5.74, 6) is -0.234. The van der Waals surface area contributed by atoms with Gasteiger partial charge in [-0.05, 0) is 6.42 Å². The summed E-state index contributed by atoms with van der Waals surface area (Å²) in [5, 5.41) is 52.8.